The first kappa shape index (κ1) is 14.1. The number of fused-ring (bicyclic) bond motifs is 1. The first-order valence-corrected chi connectivity index (χ1v) is 7.35. The molecule has 0 bridgehead atoms. The zero-order chi connectivity index (χ0) is 14.8. The average molecular weight is 293 g/mol. The molecule has 1 saturated heterocycles. The Bertz CT molecular complexity index is 548. The van der Waals surface area contributed by atoms with Crippen LogP contribution in [0, 0.1) is 0 Å². The Hall–Kier alpha value is -1.89. The molecule has 3 rings (SSSR count). The topological polar surface area (TPSA) is 84.7 Å². The standard InChI is InChI=1S/C14H19N3O4/c18-13(12-4-1-2-7-21-12)16-5-3-6-17-10(9-16)8-11(15-17)14(19)20/h8,12H,1-7,9H2,(H,19,20)/t12-/m1/s1. The highest BCUT2D eigenvalue weighted by molar-refractivity contribution is 5.85. The fourth-order valence-corrected chi connectivity index (χ4v) is 2.89. The van der Waals surface area contributed by atoms with E-state index in [1.807, 2.05) is 0 Å². The molecule has 0 aromatic carbocycles. The number of hydrogen-bond acceptors (Lipinski definition) is 4. The molecule has 1 amide bonds. The second-order valence-electron chi connectivity index (χ2n) is 5.52. The number of nitrogens with zero attached hydrogens (tertiary/aromatic N) is 3. The van der Waals surface area contributed by atoms with Gasteiger partial charge < -0.3 is 14.7 Å². The molecular formula is C14H19N3O4. The van der Waals surface area contributed by atoms with Gasteiger partial charge in [0, 0.05) is 19.7 Å². The van der Waals surface area contributed by atoms with Gasteiger partial charge in [-0.3, -0.25) is 9.48 Å². The monoisotopic (exact) mass is 293 g/mol. The summed E-state index contributed by atoms with van der Waals surface area (Å²) in [5.41, 5.74) is 0.808. The number of aryl methyl sites for hydroxylation is 1. The van der Waals surface area contributed by atoms with Crippen LogP contribution < -0.4 is 0 Å². The van der Waals surface area contributed by atoms with Gasteiger partial charge in [0.25, 0.3) is 5.91 Å². The Balaban J connectivity index is 1.75. The second-order valence-corrected chi connectivity index (χ2v) is 5.52. The fraction of sp³-hybridized carbons (Fsp3) is 0.643. The molecule has 1 fully saturated rings. The van der Waals surface area contributed by atoms with E-state index in [2.05, 4.69) is 5.10 Å². The highest BCUT2D eigenvalue weighted by atomic mass is 16.5. The van der Waals surface area contributed by atoms with Gasteiger partial charge in [-0.15, -0.1) is 0 Å². The Labute approximate surface area is 122 Å². The van der Waals surface area contributed by atoms with Crippen LogP contribution in [0.3, 0.4) is 0 Å². The lowest BCUT2D eigenvalue weighted by Gasteiger charge is -2.28. The molecule has 0 aliphatic carbocycles. The maximum atomic E-state index is 12.5. The van der Waals surface area contributed by atoms with E-state index in [0.717, 1.165) is 31.4 Å². The normalized spacial score (nSPS) is 22.5. The molecule has 21 heavy (non-hydrogen) atoms. The van der Waals surface area contributed by atoms with E-state index in [-0.39, 0.29) is 17.7 Å². The predicted molar refractivity (Wildman–Crippen MR) is 72.8 cm³/mol. The predicted octanol–water partition coefficient (Wildman–Crippen LogP) is 0.883. The van der Waals surface area contributed by atoms with Crippen LogP contribution in [-0.4, -0.2) is 50.9 Å². The molecule has 2 aliphatic heterocycles. The van der Waals surface area contributed by atoms with E-state index >= 15 is 0 Å². The molecule has 1 aromatic rings. The van der Waals surface area contributed by atoms with Crippen LogP contribution in [0.1, 0.15) is 41.9 Å². The summed E-state index contributed by atoms with van der Waals surface area (Å²) in [6.07, 6.45) is 3.23. The van der Waals surface area contributed by atoms with E-state index in [0.29, 0.717) is 26.2 Å². The second kappa shape index (κ2) is 5.85. The van der Waals surface area contributed by atoms with Crippen molar-refractivity contribution in [3.63, 3.8) is 0 Å². The average Bonchev–Trinajstić information content (AvgIpc) is 2.80. The number of carboxylic acid groups (broad SMARTS) is 1. The van der Waals surface area contributed by atoms with Gasteiger partial charge in [-0.1, -0.05) is 0 Å². The molecule has 114 valence electrons. The number of rotatable bonds is 2. The van der Waals surface area contributed by atoms with Gasteiger partial charge in [-0.05, 0) is 31.7 Å². The van der Waals surface area contributed by atoms with Crippen molar-refractivity contribution in [2.75, 3.05) is 13.2 Å². The van der Waals surface area contributed by atoms with E-state index in [4.69, 9.17) is 9.84 Å². The smallest absolute Gasteiger partial charge is 0.356 e. The van der Waals surface area contributed by atoms with E-state index in [1.165, 1.54) is 0 Å². The first-order valence-electron chi connectivity index (χ1n) is 7.35. The summed E-state index contributed by atoms with van der Waals surface area (Å²) in [7, 11) is 0. The summed E-state index contributed by atoms with van der Waals surface area (Å²) in [4.78, 5) is 25.3. The van der Waals surface area contributed by atoms with Crippen molar-refractivity contribution in [1.29, 1.82) is 0 Å². The lowest BCUT2D eigenvalue weighted by atomic mass is 10.1. The molecule has 1 N–H and O–H groups in total. The largest absolute Gasteiger partial charge is 0.476 e. The van der Waals surface area contributed by atoms with Crippen LogP contribution in [-0.2, 0) is 22.6 Å². The van der Waals surface area contributed by atoms with Crippen LogP contribution in [0.5, 0.6) is 0 Å². The van der Waals surface area contributed by atoms with Crippen LogP contribution in [0.4, 0.5) is 0 Å². The molecule has 7 heteroatoms. The van der Waals surface area contributed by atoms with E-state index in [1.54, 1.807) is 15.6 Å². The van der Waals surface area contributed by atoms with Gasteiger partial charge in [-0.2, -0.15) is 5.10 Å². The summed E-state index contributed by atoms with van der Waals surface area (Å²) in [6, 6.07) is 1.55. The number of carbonyl (C=O) groups excluding carboxylic acids is 1. The van der Waals surface area contributed by atoms with Gasteiger partial charge in [-0.25, -0.2) is 4.79 Å². The number of carboxylic acids is 1. The van der Waals surface area contributed by atoms with Gasteiger partial charge in [0.05, 0.1) is 12.2 Å². The molecule has 0 unspecified atom stereocenters. The van der Waals surface area contributed by atoms with E-state index in [9.17, 15) is 9.59 Å². The first-order chi connectivity index (χ1) is 10.1. The van der Waals surface area contributed by atoms with Crippen molar-refractivity contribution in [2.45, 2.75) is 44.9 Å². The lowest BCUT2D eigenvalue weighted by molar-refractivity contribution is -0.147. The number of amides is 1. The fourth-order valence-electron chi connectivity index (χ4n) is 2.89. The highest BCUT2D eigenvalue weighted by Crippen LogP contribution is 2.19. The minimum absolute atomic E-state index is 0.0150. The SMILES string of the molecule is O=C(O)c1cc2n(n1)CCCN(C(=O)[C@H]1CCCCO1)C2. The third kappa shape index (κ3) is 2.92. The number of aromatic carboxylic acids is 1. The molecule has 7 nitrogen and oxygen atoms in total. The zero-order valence-electron chi connectivity index (χ0n) is 11.8. The third-order valence-electron chi connectivity index (χ3n) is 4.00. The van der Waals surface area contributed by atoms with Crippen molar-refractivity contribution in [2.24, 2.45) is 0 Å². The minimum Gasteiger partial charge on any atom is -0.476 e. The van der Waals surface area contributed by atoms with Crippen LogP contribution >= 0.6 is 0 Å². The summed E-state index contributed by atoms with van der Waals surface area (Å²) in [6.45, 7) is 2.34. The number of aromatic nitrogens is 2. The number of ether oxygens (including phenoxy) is 1. The summed E-state index contributed by atoms with van der Waals surface area (Å²) < 4.78 is 7.25. The summed E-state index contributed by atoms with van der Waals surface area (Å²) in [5, 5.41) is 13.1. The molecule has 3 heterocycles. The van der Waals surface area contributed by atoms with Crippen molar-refractivity contribution in [3.8, 4) is 0 Å². The Morgan fingerprint density at radius 2 is 2.14 bits per heavy atom. The molecule has 1 atom stereocenters. The van der Waals surface area contributed by atoms with Crippen molar-refractivity contribution < 1.29 is 19.4 Å². The Morgan fingerprint density at radius 1 is 1.29 bits per heavy atom. The van der Waals surface area contributed by atoms with Gasteiger partial charge >= 0.3 is 5.97 Å². The molecule has 0 radical (unpaired) electrons. The molecule has 0 spiro atoms. The van der Waals surface area contributed by atoms with Crippen LogP contribution in [0.25, 0.3) is 0 Å². The molecule has 2 aliphatic rings. The van der Waals surface area contributed by atoms with Gasteiger partial charge in [0.2, 0.25) is 0 Å². The minimum atomic E-state index is -1.04. The maximum Gasteiger partial charge on any atom is 0.356 e. The maximum absolute atomic E-state index is 12.5. The molecular weight excluding hydrogens is 274 g/mol. The van der Waals surface area contributed by atoms with Crippen molar-refractivity contribution in [1.82, 2.24) is 14.7 Å². The molecule has 0 saturated carbocycles. The zero-order valence-corrected chi connectivity index (χ0v) is 11.8. The van der Waals surface area contributed by atoms with Crippen LogP contribution in [0.15, 0.2) is 6.07 Å². The quantitative estimate of drug-likeness (QED) is 0.875. The lowest BCUT2D eigenvalue weighted by Crippen LogP contribution is -2.41. The number of hydrogen-bond donors (Lipinski definition) is 1. The third-order valence-corrected chi connectivity index (χ3v) is 4.00. The van der Waals surface area contributed by atoms with Crippen molar-refractivity contribution >= 4 is 11.9 Å². The Kier molecular flexibility index (Phi) is 3.92. The van der Waals surface area contributed by atoms with Gasteiger partial charge in [0.1, 0.15) is 6.10 Å². The Morgan fingerprint density at radius 3 is 2.86 bits per heavy atom. The number of carbonyl (C=O) groups is 2. The van der Waals surface area contributed by atoms with Crippen molar-refractivity contribution in [3.05, 3.63) is 17.5 Å². The van der Waals surface area contributed by atoms with Crippen LogP contribution in [0.2, 0.25) is 0 Å². The molecule has 1 aromatic heterocycles. The highest BCUT2D eigenvalue weighted by Gasteiger charge is 2.29. The van der Waals surface area contributed by atoms with Gasteiger partial charge in [0.15, 0.2) is 5.69 Å². The summed E-state index contributed by atoms with van der Waals surface area (Å²) >= 11 is 0. The van der Waals surface area contributed by atoms with E-state index < -0.39 is 5.97 Å². The summed E-state index contributed by atoms with van der Waals surface area (Å²) in [5.74, 6) is -1.02.